The summed E-state index contributed by atoms with van der Waals surface area (Å²) in [6.45, 7) is 0.584. The molecule has 0 aliphatic heterocycles. The third-order valence-electron chi connectivity index (χ3n) is 2.64. The van der Waals surface area contributed by atoms with E-state index in [4.69, 9.17) is 5.73 Å². The van der Waals surface area contributed by atoms with Crippen molar-refractivity contribution in [2.45, 2.75) is 11.4 Å². The number of para-hydroxylation sites is 1. The molecule has 3 N–H and O–H groups in total. The number of guanidine groups is 1. The van der Waals surface area contributed by atoms with E-state index in [9.17, 15) is 0 Å². The van der Waals surface area contributed by atoms with Crippen LogP contribution in [0, 0.1) is 0 Å². The number of thioether (sulfide) groups is 1. The summed E-state index contributed by atoms with van der Waals surface area (Å²) in [6.07, 6.45) is 2.06. The lowest BCUT2D eigenvalue weighted by Crippen LogP contribution is -2.22. The average Bonchev–Trinajstić information content (AvgIpc) is 2.47. The minimum atomic E-state index is 0.431. The zero-order chi connectivity index (χ0) is 13.5. The highest BCUT2D eigenvalue weighted by Gasteiger charge is 1.95. The summed E-state index contributed by atoms with van der Waals surface area (Å²) in [5, 5.41) is 3.06. The van der Waals surface area contributed by atoms with Crippen LogP contribution in [-0.2, 0) is 6.54 Å². The molecule has 2 rings (SSSR count). The Morgan fingerprint density at radius 3 is 2.42 bits per heavy atom. The van der Waals surface area contributed by atoms with Gasteiger partial charge in [-0.3, -0.25) is 0 Å². The molecule has 0 heterocycles. The van der Waals surface area contributed by atoms with Crippen molar-refractivity contribution in [3.63, 3.8) is 0 Å². The molecule has 3 nitrogen and oxygen atoms in total. The fourth-order valence-electron chi connectivity index (χ4n) is 1.62. The third-order valence-corrected chi connectivity index (χ3v) is 3.38. The summed E-state index contributed by atoms with van der Waals surface area (Å²) < 4.78 is 0. The van der Waals surface area contributed by atoms with Gasteiger partial charge in [0.25, 0.3) is 0 Å². The summed E-state index contributed by atoms with van der Waals surface area (Å²) >= 11 is 1.73. The van der Waals surface area contributed by atoms with Crippen LogP contribution in [0.15, 0.2) is 64.5 Å². The Hall–Kier alpha value is -1.94. The van der Waals surface area contributed by atoms with Crippen LogP contribution in [0.5, 0.6) is 0 Å². The summed E-state index contributed by atoms with van der Waals surface area (Å²) in [5.74, 6) is 0.431. The first-order valence-corrected chi connectivity index (χ1v) is 7.25. The summed E-state index contributed by atoms with van der Waals surface area (Å²) in [4.78, 5) is 5.57. The number of nitrogens with one attached hydrogen (secondary N) is 1. The minimum Gasteiger partial charge on any atom is -0.370 e. The van der Waals surface area contributed by atoms with Gasteiger partial charge in [0, 0.05) is 10.6 Å². The predicted octanol–water partition coefficient (Wildman–Crippen LogP) is 3.34. The molecule has 0 amide bonds. The maximum absolute atomic E-state index is 5.84. The van der Waals surface area contributed by atoms with E-state index in [1.807, 2.05) is 30.3 Å². The third kappa shape index (κ3) is 4.34. The first kappa shape index (κ1) is 13.5. The number of benzene rings is 2. The van der Waals surface area contributed by atoms with Gasteiger partial charge < -0.3 is 11.1 Å². The van der Waals surface area contributed by atoms with Gasteiger partial charge in [-0.1, -0.05) is 30.3 Å². The number of hydrogen-bond acceptors (Lipinski definition) is 2. The number of rotatable bonds is 4. The highest BCUT2D eigenvalue weighted by molar-refractivity contribution is 7.98. The van der Waals surface area contributed by atoms with Crippen molar-refractivity contribution >= 4 is 23.4 Å². The molecule has 98 valence electrons. The summed E-state index contributed by atoms with van der Waals surface area (Å²) in [7, 11) is 0. The monoisotopic (exact) mass is 271 g/mol. The molecule has 0 aliphatic rings. The molecule has 0 aromatic heterocycles. The van der Waals surface area contributed by atoms with Gasteiger partial charge in [0.15, 0.2) is 5.96 Å². The molecule has 0 saturated carbocycles. The number of aliphatic imine (C=N–C) groups is 1. The lowest BCUT2D eigenvalue weighted by Gasteiger charge is -2.05. The molecular formula is C15H17N3S. The molecule has 0 unspecified atom stereocenters. The highest BCUT2D eigenvalue weighted by Crippen LogP contribution is 2.15. The molecule has 2 aromatic carbocycles. The van der Waals surface area contributed by atoms with Gasteiger partial charge in [0.2, 0.25) is 0 Å². The topological polar surface area (TPSA) is 50.4 Å². The van der Waals surface area contributed by atoms with Crippen LogP contribution in [0.3, 0.4) is 0 Å². The maximum Gasteiger partial charge on any atom is 0.193 e. The molecule has 19 heavy (non-hydrogen) atoms. The van der Waals surface area contributed by atoms with Gasteiger partial charge in [0.05, 0.1) is 6.54 Å². The largest absolute Gasteiger partial charge is 0.370 e. The lowest BCUT2D eigenvalue weighted by atomic mass is 10.2. The fraction of sp³-hybridized carbons (Fsp3) is 0.133. The second-order valence-corrected chi connectivity index (χ2v) is 4.92. The van der Waals surface area contributed by atoms with Crippen LogP contribution in [-0.4, -0.2) is 12.2 Å². The van der Waals surface area contributed by atoms with Crippen LogP contribution in [0.1, 0.15) is 5.56 Å². The van der Waals surface area contributed by atoms with Crippen molar-refractivity contribution in [3.8, 4) is 0 Å². The van der Waals surface area contributed by atoms with Crippen LogP contribution >= 0.6 is 11.8 Å². The zero-order valence-corrected chi connectivity index (χ0v) is 11.7. The standard InChI is InChI=1S/C15H17N3S/c1-19-14-9-7-12(8-10-14)11-17-15(16)18-13-5-3-2-4-6-13/h2-10H,11H2,1H3,(H3,16,17,18). The van der Waals surface area contributed by atoms with Crippen molar-refractivity contribution in [2.75, 3.05) is 11.6 Å². The fourth-order valence-corrected chi connectivity index (χ4v) is 2.02. The predicted molar refractivity (Wildman–Crippen MR) is 83.6 cm³/mol. The van der Waals surface area contributed by atoms with E-state index < -0.39 is 0 Å². The van der Waals surface area contributed by atoms with E-state index in [1.165, 1.54) is 4.90 Å². The molecule has 0 aliphatic carbocycles. The lowest BCUT2D eigenvalue weighted by molar-refractivity contribution is 1.05. The van der Waals surface area contributed by atoms with Gasteiger partial charge in [0.1, 0.15) is 0 Å². The number of nitrogens with zero attached hydrogens (tertiary/aromatic N) is 1. The summed E-state index contributed by atoms with van der Waals surface area (Å²) in [5.41, 5.74) is 7.94. The van der Waals surface area contributed by atoms with Gasteiger partial charge in [-0.15, -0.1) is 11.8 Å². The van der Waals surface area contributed by atoms with E-state index in [-0.39, 0.29) is 0 Å². The van der Waals surface area contributed by atoms with Gasteiger partial charge in [-0.05, 0) is 36.1 Å². The molecule has 0 bridgehead atoms. The van der Waals surface area contributed by atoms with Crippen molar-refractivity contribution in [1.82, 2.24) is 0 Å². The Labute approximate surface area is 117 Å². The Balaban J connectivity index is 1.93. The number of hydrogen-bond donors (Lipinski definition) is 2. The molecule has 0 fully saturated rings. The summed E-state index contributed by atoms with van der Waals surface area (Å²) in [6, 6.07) is 18.1. The molecule has 2 aromatic rings. The molecule has 0 radical (unpaired) electrons. The van der Waals surface area contributed by atoms with Crippen molar-refractivity contribution in [2.24, 2.45) is 10.7 Å². The van der Waals surface area contributed by atoms with Gasteiger partial charge in [-0.2, -0.15) is 0 Å². The van der Waals surface area contributed by atoms with E-state index in [1.54, 1.807) is 11.8 Å². The Morgan fingerprint density at radius 2 is 1.79 bits per heavy atom. The van der Waals surface area contributed by atoms with Crippen LogP contribution in [0.4, 0.5) is 5.69 Å². The normalized spacial score (nSPS) is 11.3. The second kappa shape index (κ2) is 6.85. The van der Waals surface area contributed by atoms with Crippen molar-refractivity contribution < 1.29 is 0 Å². The number of nitrogens with two attached hydrogens (primary N) is 1. The Morgan fingerprint density at radius 1 is 1.11 bits per heavy atom. The van der Waals surface area contributed by atoms with E-state index in [0.717, 1.165) is 11.3 Å². The molecule has 0 saturated heterocycles. The van der Waals surface area contributed by atoms with Gasteiger partial charge in [-0.25, -0.2) is 4.99 Å². The van der Waals surface area contributed by atoms with E-state index >= 15 is 0 Å². The molecule has 0 spiro atoms. The van der Waals surface area contributed by atoms with Crippen LogP contribution < -0.4 is 11.1 Å². The Bertz CT molecular complexity index is 535. The SMILES string of the molecule is CSc1ccc(CN=C(N)Nc2ccccc2)cc1. The second-order valence-electron chi connectivity index (χ2n) is 4.04. The van der Waals surface area contributed by atoms with Crippen molar-refractivity contribution in [3.05, 3.63) is 60.2 Å². The minimum absolute atomic E-state index is 0.431. The smallest absolute Gasteiger partial charge is 0.193 e. The quantitative estimate of drug-likeness (QED) is 0.509. The van der Waals surface area contributed by atoms with Crippen LogP contribution in [0.25, 0.3) is 0 Å². The first-order chi connectivity index (χ1) is 9.28. The molecule has 4 heteroatoms. The maximum atomic E-state index is 5.84. The van der Waals surface area contributed by atoms with E-state index in [2.05, 4.69) is 40.8 Å². The Kier molecular flexibility index (Phi) is 4.86. The first-order valence-electron chi connectivity index (χ1n) is 6.03. The molecular weight excluding hydrogens is 254 g/mol. The van der Waals surface area contributed by atoms with Gasteiger partial charge >= 0.3 is 0 Å². The van der Waals surface area contributed by atoms with Crippen LogP contribution in [0.2, 0.25) is 0 Å². The highest BCUT2D eigenvalue weighted by atomic mass is 32.2. The number of anilines is 1. The molecule has 0 atom stereocenters. The van der Waals surface area contributed by atoms with Crippen molar-refractivity contribution in [1.29, 1.82) is 0 Å². The van der Waals surface area contributed by atoms with E-state index in [0.29, 0.717) is 12.5 Å². The zero-order valence-electron chi connectivity index (χ0n) is 10.8. The average molecular weight is 271 g/mol.